The number of hydrogen-bond donors (Lipinski definition) is 1. The summed E-state index contributed by atoms with van der Waals surface area (Å²) >= 11 is 1.05. The summed E-state index contributed by atoms with van der Waals surface area (Å²) in [5.74, 6) is -0.672. The van der Waals surface area contributed by atoms with Crippen LogP contribution in [0.1, 0.15) is 21.5 Å². The van der Waals surface area contributed by atoms with E-state index in [1.807, 2.05) is 12.1 Å². The normalized spacial score (nSPS) is 10.1. The Morgan fingerprint density at radius 3 is 2.29 bits per heavy atom. The van der Waals surface area contributed by atoms with Crippen LogP contribution in [0.4, 0.5) is 10.2 Å². The number of nitrogens with zero attached hydrogens (tertiary/aromatic N) is 3. The maximum atomic E-state index is 13.0. The molecular formula is C21H13FN4OS. The first kappa shape index (κ1) is 19.1. The first-order valence-electron chi connectivity index (χ1n) is 8.15. The number of carbonyl (C=O) groups excluding carboxylic acids is 1. The molecule has 3 aromatic rings. The molecule has 0 atom stereocenters. The minimum atomic E-state index is -0.426. The molecule has 0 aliphatic rings. The molecule has 3 rings (SSSR count). The fourth-order valence-electron chi connectivity index (χ4n) is 2.65. The molecule has 0 aliphatic heterocycles. The quantitative estimate of drug-likeness (QED) is 0.519. The number of carbonyl (C=O) groups is 1. The van der Waals surface area contributed by atoms with Crippen LogP contribution < -0.4 is 5.73 Å². The van der Waals surface area contributed by atoms with Crippen LogP contribution in [0.2, 0.25) is 0 Å². The van der Waals surface area contributed by atoms with Crippen molar-refractivity contribution in [2.75, 3.05) is 11.5 Å². The number of benzene rings is 2. The zero-order valence-electron chi connectivity index (χ0n) is 14.5. The first-order valence-corrected chi connectivity index (χ1v) is 9.14. The zero-order valence-corrected chi connectivity index (χ0v) is 15.3. The molecule has 0 saturated carbocycles. The van der Waals surface area contributed by atoms with Crippen molar-refractivity contribution in [1.29, 1.82) is 10.5 Å². The van der Waals surface area contributed by atoms with Crippen LogP contribution in [0, 0.1) is 28.5 Å². The van der Waals surface area contributed by atoms with E-state index in [1.165, 1.54) is 24.3 Å². The number of hydrogen-bond acceptors (Lipinski definition) is 6. The molecule has 0 amide bonds. The van der Waals surface area contributed by atoms with Crippen molar-refractivity contribution in [2.45, 2.75) is 5.03 Å². The molecule has 28 heavy (non-hydrogen) atoms. The average molecular weight is 388 g/mol. The second kappa shape index (κ2) is 8.34. The van der Waals surface area contributed by atoms with Crippen LogP contribution >= 0.6 is 11.8 Å². The number of pyridine rings is 1. The molecule has 0 bridgehead atoms. The lowest BCUT2D eigenvalue weighted by Gasteiger charge is -2.12. The third kappa shape index (κ3) is 3.85. The minimum Gasteiger partial charge on any atom is -0.383 e. The predicted octanol–water partition coefficient (Wildman–Crippen LogP) is 4.19. The monoisotopic (exact) mass is 388 g/mol. The van der Waals surface area contributed by atoms with Crippen LogP contribution in [0.15, 0.2) is 59.6 Å². The van der Waals surface area contributed by atoms with E-state index in [-0.39, 0.29) is 33.5 Å². The standard InChI is InChI=1S/C21H13FN4OS/c22-15-8-6-13(7-9-15)18(27)12-28-21-17(11-24)19(14-4-2-1-3-5-14)16(10-23)20(25)26-21/h1-9H,12H2,(H2,25,26). The highest BCUT2D eigenvalue weighted by Crippen LogP contribution is 2.35. The van der Waals surface area contributed by atoms with Gasteiger partial charge in [0.25, 0.3) is 0 Å². The summed E-state index contributed by atoms with van der Waals surface area (Å²) < 4.78 is 13.0. The van der Waals surface area contributed by atoms with Crippen LogP contribution in [-0.4, -0.2) is 16.5 Å². The summed E-state index contributed by atoms with van der Waals surface area (Å²) in [5.41, 5.74) is 7.68. The van der Waals surface area contributed by atoms with Gasteiger partial charge in [0.2, 0.25) is 0 Å². The van der Waals surface area contributed by atoms with Gasteiger partial charge in [-0.05, 0) is 29.8 Å². The molecule has 0 spiro atoms. The Balaban J connectivity index is 1.99. The van der Waals surface area contributed by atoms with Gasteiger partial charge < -0.3 is 5.73 Å². The number of nitrogens with two attached hydrogens (primary N) is 1. The van der Waals surface area contributed by atoms with Crippen molar-refractivity contribution in [3.8, 4) is 23.3 Å². The van der Waals surface area contributed by atoms with Crippen LogP contribution in [0.3, 0.4) is 0 Å². The Morgan fingerprint density at radius 1 is 1.04 bits per heavy atom. The van der Waals surface area contributed by atoms with Crippen molar-refractivity contribution in [3.63, 3.8) is 0 Å². The Kier molecular flexibility index (Phi) is 5.69. The molecule has 2 aromatic carbocycles. The van der Waals surface area contributed by atoms with Gasteiger partial charge in [-0.15, -0.1) is 0 Å². The van der Waals surface area contributed by atoms with Crippen LogP contribution in [-0.2, 0) is 0 Å². The van der Waals surface area contributed by atoms with Crippen LogP contribution in [0.25, 0.3) is 11.1 Å². The Hall–Kier alpha value is -3.68. The SMILES string of the molecule is N#Cc1c(N)nc(SCC(=O)c2ccc(F)cc2)c(C#N)c1-c1ccccc1. The number of ketones is 1. The van der Waals surface area contributed by atoms with Gasteiger partial charge in [0.15, 0.2) is 5.78 Å². The molecule has 2 N–H and O–H groups in total. The highest BCUT2D eigenvalue weighted by atomic mass is 32.2. The third-order valence-corrected chi connectivity index (χ3v) is 4.96. The summed E-state index contributed by atoms with van der Waals surface area (Å²) in [6, 6.07) is 18.3. The lowest BCUT2D eigenvalue weighted by atomic mass is 9.97. The van der Waals surface area contributed by atoms with Gasteiger partial charge in [-0.2, -0.15) is 10.5 Å². The third-order valence-electron chi connectivity index (χ3n) is 3.98. The molecule has 7 heteroatoms. The second-order valence-corrected chi connectivity index (χ2v) is 6.70. The summed E-state index contributed by atoms with van der Waals surface area (Å²) in [6.07, 6.45) is 0. The number of Topliss-reactive ketones (excluding diaryl/α,β-unsaturated/α-hetero) is 1. The van der Waals surface area contributed by atoms with E-state index >= 15 is 0 Å². The van der Waals surface area contributed by atoms with Crippen molar-refractivity contribution < 1.29 is 9.18 Å². The van der Waals surface area contributed by atoms with Gasteiger partial charge in [-0.3, -0.25) is 4.79 Å². The number of rotatable bonds is 5. The van der Waals surface area contributed by atoms with Crippen molar-refractivity contribution in [2.24, 2.45) is 0 Å². The zero-order chi connectivity index (χ0) is 20.1. The highest BCUT2D eigenvalue weighted by molar-refractivity contribution is 8.00. The highest BCUT2D eigenvalue weighted by Gasteiger charge is 2.21. The lowest BCUT2D eigenvalue weighted by molar-refractivity contribution is 0.102. The maximum Gasteiger partial charge on any atom is 0.173 e. The number of thioether (sulfide) groups is 1. The van der Waals surface area contributed by atoms with Gasteiger partial charge in [0.05, 0.1) is 11.3 Å². The summed E-state index contributed by atoms with van der Waals surface area (Å²) in [5, 5.41) is 19.5. The molecule has 1 heterocycles. The first-order chi connectivity index (χ1) is 13.5. The number of aromatic nitrogens is 1. The molecule has 136 valence electrons. The van der Waals surface area contributed by atoms with E-state index in [0.29, 0.717) is 16.7 Å². The van der Waals surface area contributed by atoms with Crippen molar-refractivity contribution in [3.05, 3.63) is 77.1 Å². The topological polar surface area (TPSA) is 104 Å². The van der Waals surface area contributed by atoms with E-state index in [1.54, 1.807) is 24.3 Å². The largest absolute Gasteiger partial charge is 0.383 e. The van der Waals surface area contributed by atoms with Gasteiger partial charge in [-0.1, -0.05) is 42.1 Å². The van der Waals surface area contributed by atoms with E-state index in [0.717, 1.165) is 11.8 Å². The van der Waals surface area contributed by atoms with E-state index < -0.39 is 5.82 Å². The fourth-order valence-corrected chi connectivity index (χ4v) is 3.54. The fraction of sp³-hybridized carbons (Fsp3) is 0.0476. The summed E-state index contributed by atoms with van der Waals surface area (Å²) in [6.45, 7) is 0. The molecule has 5 nitrogen and oxygen atoms in total. The number of nitriles is 2. The molecular weight excluding hydrogens is 375 g/mol. The van der Waals surface area contributed by atoms with E-state index in [9.17, 15) is 19.7 Å². The van der Waals surface area contributed by atoms with Gasteiger partial charge in [-0.25, -0.2) is 9.37 Å². The van der Waals surface area contributed by atoms with Crippen LogP contribution in [0.5, 0.6) is 0 Å². The summed E-state index contributed by atoms with van der Waals surface area (Å²) in [4.78, 5) is 16.5. The number of nitrogen functional groups attached to an aromatic ring is 1. The van der Waals surface area contributed by atoms with Gasteiger partial charge in [0, 0.05) is 11.1 Å². The minimum absolute atomic E-state index is 0.00270. The second-order valence-electron chi connectivity index (χ2n) is 5.74. The molecule has 0 unspecified atom stereocenters. The number of anilines is 1. The molecule has 0 fully saturated rings. The predicted molar refractivity (Wildman–Crippen MR) is 105 cm³/mol. The van der Waals surface area contributed by atoms with E-state index in [2.05, 4.69) is 11.1 Å². The molecule has 0 radical (unpaired) electrons. The van der Waals surface area contributed by atoms with Crippen molar-refractivity contribution >= 4 is 23.4 Å². The Labute approximate surface area is 165 Å². The Morgan fingerprint density at radius 2 is 1.68 bits per heavy atom. The lowest BCUT2D eigenvalue weighted by Crippen LogP contribution is -2.06. The average Bonchev–Trinajstić information content (AvgIpc) is 2.72. The van der Waals surface area contributed by atoms with Crippen molar-refractivity contribution in [1.82, 2.24) is 4.98 Å². The van der Waals surface area contributed by atoms with Gasteiger partial charge in [0.1, 0.15) is 34.4 Å². The molecule has 0 aliphatic carbocycles. The summed E-state index contributed by atoms with van der Waals surface area (Å²) in [7, 11) is 0. The Bertz CT molecular complexity index is 1120. The number of halogens is 1. The van der Waals surface area contributed by atoms with Gasteiger partial charge >= 0.3 is 0 Å². The molecule has 1 aromatic heterocycles. The maximum absolute atomic E-state index is 13.0. The molecule has 0 saturated heterocycles. The van der Waals surface area contributed by atoms with E-state index in [4.69, 9.17) is 5.73 Å². The smallest absolute Gasteiger partial charge is 0.173 e.